The van der Waals surface area contributed by atoms with Gasteiger partial charge in [-0.1, -0.05) is 36.4 Å². The first-order valence-corrected chi connectivity index (χ1v) is 6.24. The van der Waals surface area contributed by atoms with Crippen molar-refractivity contribution < 1.29 is 5.11 Å². The van der Waals surface area contributed by atoms with E-state index >= 15 is 0 Å². The smallest absolute Gasteiger partial charge is 0.125 e. The lowest BCUT2D eigenvalue weighted by molar-refractivity contribution is 0.474. The molecule has 2 rings (SSSR count). The minimum Gasteiger partial charge on any atom is -0.507 e. The molecule has 0 aliphatic heterocycles. The van der Waals surface area contributed by atoms with Crippen molar-refractivity contribution in [1.82, 2.24) is 0 Å². The lowest BCUT2D eigenvalue weighted by Crippen LogP contribution is -1.82. The summed E-state index contributed by atoms with van der Waals surface area (Å²) in [6.07, 6.45) is 5.30. The third-order valence-electron chi connectivity index (χ3n) is 2.58. The molecule has 20 heavy (non-hydrogen) atoms. The second-order valence-electron chi connectivity index (χ2n) is 4.09. The van der Waals surface area contributed by atoms with Gasteiger partial charge in [0, 0.05) is 5.56 Å². The van der Waals surface area contributed by atoms with Crippen molar-refractivity contribution in [2.24, 2.45) is 15.4 Å². The van der Waals surface area contributed by atoms with E-state index in [4.69, 9.17) is 0 Å². The summed E-state index contributed by atoms with van der Waals surface area (Å²) in [4.78, 5) is 0. The number of benzene rings is 2. The molecule has 0 radical (unpaired) electrons. The van der Waals surface area contributed by atoms with Crippen LogP contribution in [0.1, 0.15) is 18.1 Å². The van der Waals surface area contributed by atoms with E-state index in [1.165, 1.54) is 6.21 Å². The van der Waals surface area contributed by atoms with Crippen LogP contribution in [0.5, 0.6) is 5.75 Å². The van der Waals surface area contributed by atoms with Gasteiger partial charge in [-0.3, -0.25) is 0 Å². The molecule has 0 spiro atoms. The van der Waals surface area contributed by atoms with Gasteiger partial charge in [-0.2, -0.15) is 0 Å². The number of phenolic OH excluding ortho intramolecular Hbond substituents is 1. The summed E-state index contributed by atoms with van der Waals surface area (Å²) in [5.41, 5.74) is 2.27. The summed E-state index contributed by atoms with van der Waals surface area (Å²) < 4.78 is 0. The van der Waals surface area contributed by atoms with Gasteiger partial charge in [0.1, 0.15) is 5.75 Å². The Bertz CT molecular complexity index is 646. The van der Waals surface area contributed by atoms with Gasteiger partial charge in [0.15, 0.2) is 0 Å². The highest BCUT2D eigenvalue weighted by Gasteiger charge is 1.98. The van der Waals surface area contributed by atoms with Crippen molar-refractivity contribution >= 4 is 18.0 Å². The van der Waals surface area contributed by atoms with Crippen LogP contribution in [0.2, 0.25) is 0 Å². The molecule has 0 heterocycles. The van der Waals surface area contributed by atoms with E-state index in [2.05, 4.69) is 15.4 Å². The van der Waals surface area contributed by atoms with Crippen molar-refractivity contribution in [3.8, 4) is 5.75 Å². The molecule has 0 amide bonds. The van der Waals surface area contributed by atoms with Crippen LogP contribution in [-0.2, 0) is 0 Å². The molecule has 0 unspecified atom stereocenters. The van der Waals surface area contributed by atoms with Crippen molar-refractivity contribution in [2.75, 3.05) is 0 Å². The molecule has 0 atom stereocenters. The third kappa shape index (κ3) is 3.88. The van der Waals surface area contributed by atoms with Gasteiger partial charge in [0.2, 0.25) is 0 Å². The van der Waals surface area contributed by atoms with Crippen LogP contribution in [0.25, 0.3) is 6.08 Å². The topological polar surface area (TPSA) is 57.3 Å². The summed E-state index contributed by atoms with van der Waals surface area (Å²) in [6.45, 7) is 1.93. The fourth-order valence-corrected chi connectivity index (χ4v) is 1.63. The molecule has 0 aliphatic rings. The van der Waals surface area contributed by atoms with E-state index in [1.54, 1.807) is 12.1 Å². The van der Waals surface area contributed by atoms with E-state index in [9.17, 15) is 5.11 Å². The number of aromatic hydroxyl groups is 1. The van der Waals surface area contributed by atoms with Crippen LogP contribution in [-0.4, -0.2) is 11.3 Å². The number of phenols is 1. The summed E-state index contributed by atoms with van der Waals surface area (Å²) in [5, 5.41) is 21.3. The Labute approximate surface area is 117 Å². The number of nitrogens with zero attached hydrogens (tertiary/aromatic N) is 3. The Morgan fingerprint density at radius 3 is 2.55 bits per heavy atom. The highest BCUT2D eigenvalue weighted by atomic mass is 16.3. The number of hydrogen-bond donors (Lipinski definition) is 1. The normalized spacial score (nSPS) is 11.8. The minimum atomic E-state index is 0.166. The average Bonchev–Trinajstić information content (AvgIpc) is 2.47. The van der Waals surface area contributed by atoms with Crippen LogP contribution < -0.4 is 0 Å². The average molecular weight is 265 g/mol. The lowest BCUT2D eigenvalue weighted by atomic mass is 10.1. The maximum Gasteiger partial charge on any atom is 0.125 e. The van der Waals surface area contributed by atoms with Crippen molar-refractivity contribution in [3.63, 3.8) is 0 Å². The molecule has 0 fully saturated rings. The van der Waals surface area contributed by atoms with Gasteiger partial charge < -0.3 is 5.11 Å². The predicted molar refractivity (Wildman–Crippen MR) is 81.4 cm³/mol. The molecule has 4 heteroatoms. The first-order chi connectivity index (χ1) is 9.79. The highest BCUT2D eigenvalue weighted by Crippen LogP contribution is 2.18. The Morgan fingerprint density at radius 1 is 1.05 bits per heavy atom. The maximum absolute atomic E-state index is 9.84. The van der Waals surface area contributed by atoms with E-state index in [-0.39, 0.29) is 5.75 Å². The van der Waals surface area contributed by atoms with Gasteiger partial charge in [-0.15, -0.1) is 10.2 Å². The SMILES string of the molecule is CC=Cc1ccc(C=NN=Nc2ccccc2)c(O)c1. The summed E-state index contributed by atoms with van der Waals surface area (Å²) in [7, 11) is 0. The van der Waals surface area contributed by atoms with Crippen LogP contribution in [0, 0.1) is 0 Å². The van der Waals surface area contributed by atoms with Gasteiger partial charge in [-0.25, -0.2) is 0 Å². The Balaban J connectivity index is 2.06. The zero-order chi connectivity index (χ0) is 14.2. The van der Waals surface area contributed by atoms with E-state index in [0.29, 0.717) is 5.56 Å². The standard InChI is InChI=1S/C16H15N3O/c1-2-6-13-9-10-14(16(20)11-13)12-17-19-18-15-7-4-3-5-8-15/h2-12,20H,1H3. The molecule has 0 bridgehead atoms. The molecule has 2 aromatic rings. The van der Waals surface area contributed by atoms with Crippen molar-refractivity contribution in [3.05, 3.63) is 65.7 Å². The highest BCUT2D eigenvalue weighted by molar-refractivity contribution is 5.83. The molecule has 0 aromatic heterocycles. The van der Waals surface area contributed by atoms with Crippen LogP contribution >= 0.6 is 0 Å². The molecule has 0 saturated heterocycles. The quantitative estimate of drug-likeness (QED) is 0.492. The first kappa shape index (κ1) is 13.7. The van der Waals surface area contributed by atoms with E-state index in [0.717, 1.165) is 11.3 Å². The second-order valence-corrected chi connectivity index (χ2v) is 4.09. The monoisotopic (exact) mass is 265 g/mol. The molecule has 0 aliphatic carbocycles. The molecule has 2 aromatic carbocycles. The fourth-order valence-electron chi connectivity index (χ4n) is 1.63. The van der Waals surface area contributed by atoms with Gasteiger partial charge >= 0.3 is 0 Å². The van der Waals surface area contributed by atoms with E-state index < -0.39 is 0 Å². The lowest BCUT2D eigenvalue weighted by Gasteiger charge is -1.99. The molecule has 100 valence electrons. The molecule has 1 N–H and O–H groups in total. The largest absolute Gasteiger partial charge is 0.507 e. The zero-order valence-electron chi connectivity index (χ0n) is 11.1. The number of rotatable bonds is 4. The predicted octanol–water partition coefficient (Wildman–Crippen LogP) is 4.54. The van der Waals surface area contributed by atoms with Gasteiger partial charge in [-0.05, 0) is 42.0 Å². The second kappa shape index (κ2) is 6.99. The van der Waals surface area contributed by atoms with Crippen LogP contribution in [0.3, 0.4) is 0 Å². The van der Waals surface area contributed by atoms with Gasteiger partial charge in [0.05, 0.1) is 11.9 Å². The summed E-state index contributed by atoms with van der Waals surface area (Å²) in [5.74, 6) is 0.166. The first-order valence-electron chi connectivity index (χ1n) is 6.24. The fraction of sp³-hybridized carbons (Fsp3) is 0.0625. The number of hydrogen-bond acceptors (Lipinski definition) is 3. The molecular weight excluding hydrogens is 250 g/mol. The molecule has 0 saturated carbocycles. The zero-order valence-corrected chi connectivity index (χ0v) is 11.1. The van der Waals surface area contributed by atoms with E-state index in [1.807, 2.05) is 55.5 Å². The van der Waals surface area contributed by atoms with Gasteiger partial charge in [0.25, 0.3) is 0 Å². The summed E-state index contributed by atoms with van der Waals surface area (Å²) >= 11 is 0. The van der Waals surface area contributed by atoms with Crippen molar-refractivity contribution in [1.29, 1.82) is 0 Å². The Hall–Kier alpha value is -2.75. The third-order valence-corrected chi connectivity index (χ3v) is 2.58. The van der Waals surface area contributed by atoms with Crippen LogP contribution in [0.4, 0.5) is 5.69 Å². The maximum atomic E-state index is 9.84. The summed E-state index contributed by atoms with van der Waals surface area (Å²) in [6, 6.07) is 14.7. The molecule has 4 nitrogen and oxygen atoms in total. The molecular formula is C16H15N3O. The van der Waals surface area contributed by atoms with Crippen LogP contribution in [0.15, 0.2) is 70.0 Å². The van der Waals surface area contributed by atoms with Crippen molar-refractivity contribution in [2.45, 2.75) is 6.92 Å². The minimum absolute atomic E-state index is 0.166. The Morgan fingerprint density at radius 2 is 1.85 bits per heavy atom. The number of allylic oxidation sites excluding steroid dienone is 1. The Kier molecular flexibility index (Phi) is 4.78.